The monoisotopic (exact) mass is 1890 g/mol. The summed E-state index contributed by atoms with van der Waals surface area (Å²) in [6, 6.07) is 53.8. The normalized spacial score (nSPS) is 10.9. The molecular weight excluding hydrogens is 1770 g/mol. The number of aliphatic hydroxyl groups excluding tert-OH is 1. The molecule has 0 atom stereocenters. The topological polar surface area (TPSA) is 544 Å². The number of imidazole rings is 1. The van der Waals surface area contributed by atoms with Crippen molar-refractivity contribution in [2.75, 3.05) is 43.8 Å². The fraction of sp³-hybridized carbons (Fsp3) is 0.280. The standard InChI is InChI=1S/C26H27N7O.C14H19N5.C13H14N2O3.C12H14N2O2.C12H12N2O2.C9H7ClO3.C9H8O4.C4H10N2O.CH4/c1-15(2)22-31-24(34-32-22)19-9-7-6-8-18(19)23-30-20-12-16(17-13-28-25(27)29-14-17)10-11-21(20)33(23)26(3,4)5;1-14(2,3)19-12-5-4-9(6-11(12)15)10-7-17-13(16)18-8-10;1-8(2)11-14-12(18-15-11)9-6-4-5-7-10(9)13(16)17-3;2*1-8(2)11-13-12(16-14-11)10-6-4-3-5-9(10)7-15;2*1-13-9(12)7-5-3-2-4-6(7)8(10)11;1-3(2)4(5)6-7;/h6-15H,1-5H3,(H2,27,28,29);4-8,19H,15H2,1-3H3,(H2,16,17,18);4-8H,1-3H3;3-6,8,15H,7H2,1-2H3;3-8H,1-2H3;2-5H,1H3;2-5H,1H3,(H,10,11);3,7H,1-2H3,(H2,5,6);1H4. The summed E-state index contributed by atoms with van der Waals surface area (Å²) < 4.78 is 37.0. The molecule has 0 radical (unpaired) electrons. The zero-order chi connectivity index (χ0) is 99.8. The number of hydrogen-bond donors (Lipinski definition) is 8. The summed E-state index contributed by atoms with van der Waals surface area (Å²) in [6.07, 6.45) is 7.61. The van der Waals surface area contributed by atoms with Crippen molar-refractivity contribution in [1.29, 1.82) is 0 Å². The highest BCUT2D eigenvalue weighted by molar-refractivity contribution is 6.68. The van der Waals surface area contributed by atoms with E-state index in [1.807, 2.05) is 142 Å². The Labute approximate surface area is 798 Å². The first-order valence-corrected chi connectivity index (χ1v) is 43.0. The number of oxime groups is 1. The van der Waals surface area contributed by atoms with Gasteiger partial charge in [0, 0.05) is 98.8 Å². The number of amidine groups is 1. The number of rotatable bonds is 20. The van der Waals surface area contributed by atoms with Crippen LogP contribution < -0.4 is 28.3 Å². The van der Waals surface area contributed by atoms with E-state index < -0.39 is 29.1 Å². The number of fused-ring (bicyclic) bond motifs is 1. The van der Waals surface area contributed by atoms with E-state index >= 15 is 0 Å². The van der Waals surface area contributed by atoms with Crippen LogP contribution in [0.4, 0.5) is 23.3 Å². The number of halogens is 1. The molecule has 0 spiro atoms. The number of anilines is 4. The van der Waals surface area contributed by atoms with Crippen LogP contribution in [0.25, 0.3) is 90.5 Å². The molecule has 0 aliphatic heterocycles. The number of nitrogen functional groups attached to an aromatic ring is 3. The fourth-order valence-corrected chi connectivity index (χ4v) is 12.3. The first-order valence-electron chi connectivity index (χ1n) is 42.6. The van der Waals surface area contributed by atoms with Gasteiger partial charge >= 0.3 is 23.9 Å². The van der Waals surface area contributed by atoms with Crippen LogP contribution in [0.1, 0.15) is 233 Å². The third-order valence-corrected chi connectivity index (χ3v) is 19.4. The average Bonchev–Trinajstić information content (AvgIpc) is 1.60. The minimum Gasteiger partial charge on any atom is -0.478 e. The highest BCUT2D eigenvalue weighted by Gasteiger charge is 2.28. The lowest BCUT2D eigenvalue weighted by molar-refractivity contribution is 0.0581. The van der Waals surface area contributed by atoms with Crippen molar-refractivity contribution in [3.8, 4) is 79.5 Å². The maximum Gasteiger partial charge on any atom is 0.338 e. The molecule has 7 heterocycles. The van der Waals surface area contributed by atoms with Crippen molar-refractivity contribution in [3.63, 3.8) is 0 Å². The van der Waals surface area contributed by atoms with Gasteiger partial charge in [0.1, 0.15) is 11.7 Å². The van der Waals surface area contributed by atoms with Gasteiger partial charge < -0.3 is 80.5 Å². The van der Waals surface area contributed by atoms with Crippen LogP contribution in [0.15, 0.2) is 230 Å². The second-order valence-corrected chi connectivity index (χ2v) is 33.7. The number of ether oxygens (including phenoxy) is 3. The van der Waals surface area contributed by atoms with Gasteiger partial charge in [-0.3, -0.25) is 9.59 Å². The molecule has 8 aromatic carbocycles. The predicted octanol–water partition coefficient (Wildman–Crippen LogP) is 19.9. The maximum absolute atomic E-state index is 11.6. The molecule has 12 N–H and O–H groups in total. The number of methoxy groups -OCH3 is 3. The number of benzene rings is 8. The van der Waals surface area contributed by atoms with Crippen LogP contribution in [-0.4, -0.2) is 154 Å². The Kier molecular flexibility index (Phi) is 39.9. The second-order valence-electron chi connectivity index (χ2n) is 33.4. The number of aliphatic hydroxyl groups is 1. The number of carboxylic acids is 1. The minimum absolute atomic E-state index is 0. The number of nitrogens with zero attached hydrogens (tertiary/aromatic N) is 15. The van der Waals surface area contributed by atoms with Gasteiger partial charge in [-0.25, -0.2) is 44.1 Å². The molecule has 36 nitrogen and oxygen atoms in total. The summed E-state index contributed by atoms with van der Waals surface area (Å²) >= 11 is 5.26. The lowest BCUT2D eigenvalue weighted by Gasteiger charge is -2.25. The quantitative estimate of drug-likeness (QED) is 0.00404. The zero-order valence-electron chi connectivity index (χ0n) is 78.8. The minimum atomic E-state index is -1.14. The molecule has 0 unspecified atom stereocenters. The van der Waals surface area contributed by atoms with Crippen LogP contribution in [0.5, 0.6) is 0 Å². The lowest BCUT2D eigenvalue weighted by atomic mass is 10.0. The number of carbonyl (C=O) groups is 6. The van der Waals surface area contributed by atoms with E-state index in [1.165, 1.54) is 45.6 Å². The van der Waals surface area contributed by atoms with E-state index in [4.69, 9.17) is 72.7 Å². The lowest BCUT2D eigenvalue weighted by Crippen LogP contribution is -2.26. The summed E-state index contributed by atoms with van der Waals surface area (Å²) in [5.41, 5.74) is 35.3. The largest absolute Gasteiger partial charge is 0.478 e. The Morgan fingerprint density at radius 3 is 1.25 bits per heavy atom. The van der Waals surface area contributed by atoms with Crippen LogP contribution in [-0.2, 0) is 26.4 Å². The summed E-state index contributed by atoms with van der Waals surface area (Å²) in [6.45, 7) is 32.5. The number of hydrogen-bond acceptors (Lipinski definition) is 33. The number of aldehydes is 1. The molecule has 15 rings (SSSR count). The van der Waals surface area contributed by atoms with Gasteiger partial charge in [-0.2, -0.15) is 19.9 Å². The van der Waals surface area contributed by atoms with Gasteiger partial charge in [0.05, 0.1) is 89.3 Å². The van der Waals surface area contributed by atoms with Gasteiger partial charge in [-0.15, -0.1) is 0 Å². The number of esters is 3. The van der Waals surface area contributed by atoms with Crippen molar-refractivity contribution < 1.29 is 76.5 Å². The third-order valence-electron chi connectivity index (χ3n) is 19.2. The van der Waals surface area contributed by atoms with Crippen molar-refractivity contribution >= 4 is 87.1 Å². The summed E-state index contributed by atoms with van der Waals surface area (Å²) in [5, 5.41) is 47.2. The molecule has 0 amide bonds. The fourth-order valence-electron chi connectivity index (χ4n) is 12.2. The number of aromatic carboxylic acids is 1. The number of nitrogens with two attached hydrogens (primary N) is 4. The predicted molar refractivity (Wildman–Crippen MR) is 524 cm³/mol. The van der Waals surface area contributed by atoms with E-state index in [9.17, 15) is 33.9 Å². The summed E-state index contributed by atoms with van der Waals surface area (Å²) in [4.78, 5) is 105. The molecule has 0 aliphatic rings. The molecule has 7 aromatic heterocycles. The number of aromatic nitrogens is 14. The molecule has 137 heavy (non-hydrogen) atoms. The highest BCUT2D eigenvalue weighted by atomic mass is 35.5. The van der Waals surface area contributed by atoms with Crippen molar-refractivity contribution in [1.82, 2.24) is 70.0 Å². The maximum atomic E-state index is 11.6. The molecule has 0 saturated carbocycles. The Balaban J connectivity index is 0.000000221. The van der Waals surface area contributed by atoms with Crippen molar-refractivity contribution in [2.24, 2.45) is 16.8 Å². The van der Waals surface area contributed by atoms with E-state index in [2.05, 4.69) is 145 Å². The number of carboxylic acid groups (broad SMARTS) is 1. The third kappa shape index (κ3) is 30.2. The molecule has 0 aliphatic carbocycles. The van der Waals surface area contributed by atoms with Gasteiger partial charge in [-0.05, 0) is 149 Å². The zero-order valence-corrected chi connectivity index (χ0v) is 79.6. The first kappa shape index (κ1) is 108. The number of nitrogens with one attached hydrogen (secondary N) is 1. The van der Waals surface area contributed by atoms with E-state index in [1.54, 1.807) is 91.5 Å². The van der Waals surface area contributed by atoms with Crippen molar-refractivity contribution in [2.45, 2.75) is 160 Å². The first-order chi connectivity index (χ1) is 64.6. The van der Waals surface area contributed by atoms with E-state index in [0.29, 0.717) is 74.8 Å². The highest BCUT2D eigenvalue weighted by Crippen LogP contribution is 2.39. The van der Waals surface area contributed by atoms with E-state index in [0.717, 1.165) is 73.3 Å². The van der Waals surface area contributed by atoms with Gasteiger partial charge in [0.25, 0.3) is 28.8 Å². The molecule has 37 heteroatoms. The summed E-state index contributed by atoms with van der Waals surface area (Å²) in [7, 11) is 3.80. The summed E-state index contributed by atoms with van der Waals surface area (Å²) in [5.74, 6) is 4.13. The van der Waals surface area contributed by atoms with Crippen LogP contribution >= 0.6 is 11.6 Å². The Hall–Kier alpha value is -16.1. The van der Waals surface area contributed by atoms with Gasteiger partial charge in [0.2, 0.25) is 11.9 Å². The number of carbonyl (C=O) groups excluding carboxylic acids is 5. The SMILES string of the molecule is C.CC(C)(C)Nc1ccc(-c2cnc(N)nc2)cc1N.CC(C)/C(N)=N/O.CC(C)c1noc(-c2ccccc2-c2nc3cc(-c4cnc(N)nc4)ccc3n2C(C)(C)C)n1.CC(C)c1noc(-c2ccccc2C=O)n1.CC(C)c1noc(-c2ccccc2CO)n1.COC(=O)c1ccccc1-c1nc(C(C)C)no1.COC(=O)c1ccccc1C(=O)Cl.COC(=O)c1ccccc1C(=O)O. The smallest absolute Gasteiger partial charge is 0.338 e. The van der Waals surface area contributed by atoms with E-state index in [-0.39, 0.29) is 94.7 Å². The molecule has 0 saturated heterocycles. The van der Waals surface area contributed by atoms with Crippen molar-refractivity contribution in [3.05, 3.63) is 269 Å². The molecule has 0 bridgehead atoms. The van der Waals surface area contributed by atoms with Crippen LogP contribution in [0, 0.1) is 5.92 Å². The Morgan fingerprint density at radius 1 is 0.474 bits per heavy atom. The van der Waals surface area contributed by atoms with Crippen LogP contribution in [0.2, 0.25) is 0 Å². The Morgan fingerprint density at radius 2 is 0.847 bits per heavy atom. The molecule has 0 fully saturated rings. The Bertz CT molecular complexity index is 6480. The molecular formula is C100H115ClN20O16. The van der Waals surface area contributed by atoms with Crippen LogP contribution in [0.3, 0.4) is 0 Å². The molecule has 15 aromatic rings. The molecule has 718 valence electrons. The van der Waals surface area contributed by atoms with Gasteiger partial charge in [-0.1, -0.05) is 206 Å². The van der Waals surface area contributed by atoms with Gasteiger partial charge in [0.15, 0.2) is 29.6 Å². The average molecular weight is 1890 g/mol. The second kappa shape index (κ2) is 50.7.